The smallest absolute Gasteiger partial charge is 0.387 e. The molecule has 0 fully saturated rings. The zero-order valence-corrected chi connectivity index (χ0v) is 12.2. The maximum Gasteiger partial charge on any atom is 0.387 e. The van der Waals surface area contributed by atoms with Crippen LogP contribution in [-0.4, -0.2) is 26.1 Å². The topological polar surface area (TPSA) is 50.4 Å². The summed E-state index contributed by atoms with van der Waals surface area (Å²) in [6.45, 7) is -2.49. The molecule has 4 nitrogen and oxygen atoms in total. The van der Waals surface area contributed by atoms with E-state index in [2.05, 4.69) is 15.4 Å². The highest BCUT2D eigenvalue weighted by atomic mass is 35.5. The molecule has 0 radical (unpaired) electrons. The van der Waals surface area contributed by atoms with Gasteiger partial charge in [0.15, 0.2) is 0 Å². The van der Waals surface area contributed by atoms with Crippen molar-refractivity contribution in [1.82, 2.24) is 10.6 Å². The van der Waals surface area contributed by atoms with Gasteiger partial charge in [0, 0.05) is 30.1 Å². The largest absolute Gasteiger partial charge is 0.433 e. The summed E-state index contributed by atoms with van der Waals surface area (Å²) < 4.78 is 29.0. The fraction of sp³-hybridized carbons (Fsp3) is 0.417. The van der Waals surface area contributed by atoms with Gasteiger partial charge in [0.1, 0.15) is 5.75 Å². The molecular formula is C12H14Cl2F2N2O2. The molecule has 0 aliphatic heterocycles. The molecule has 1 rings (SSSR count). The summed E-state index contributed by atoms with van der Waals surface area (Å²) in [5.74, 6) is -0.404. The Labute approximate surface area is 125 Å². The van der Waals surface area contributed by atoms with Crippen LogP contribution in [0.1, 0.15) is 12.0 Å². The minimum Gasteiger partial charge on any atom is -0.433 e. The van der Waals surface area contributed by atoms with Gasteiger partial charge < -0.3 is 15.4 Å². The van der Waals surface area contributed by atoms with E-state index in [1.807, 2.05) is 0 Å². The van der Waals surface area contributed by atoms with Crippen molar-refractivity contribution in [2.75, 3.05) is 13.6 Å². The highest BCUT2D eigenvalue weighted by molar-refractivity contribution is 6.35. The molecule has 0 unspecified atom stereocenters. The zero-order chi connectivity index (χ0) is 15.1. The SMILES string of the molecule is CNCCC(=O)NCc1cc(Cl)cc(Cl)c1OC(F)F. The summed E-state index contributed by atoms with van der Waals surface area (Å²) in [5, 5.41) is 5.65. The average Bonchev–Trinajstić information content (AvgIpc) is 2.37. The second-order valence-electron chi connectivity index (χ2n) is 3.88. The minimum atomic E-state index is -3.01. The van der Waals surface area contributed by atoms with Gasteiger partial charge in [-0.2, -0.15) is 8.78 Å². The van der Waals surface area contributed by atoms with Crippen molar-refractivity contribution in [2.24, 2.45) is 0 Å². The molecule has 0 saturated carbocycles. The number of alkyl halides is 2. The summed E-state index contributed by atoms with van der Waals surface area (Å²) in [4.78, 5) is 11.5. The number of amides is 1. The molecule has 0 heterocycles. The van der Waals surface area contributed by atoms with Crippen LogP contribution in [0.4, 0.5) is 8.78 Å². The Morgan fingerprint density at radius 1 is 1.40 bits per heavy atom. The molecule has 0 aromatic heterocycles. The van der Waals surface area contributed by atoms with Gasteiger partial charge in [-0.25, -0.2) is 0 Å². The second kappa shape index (κ2) is 8.24. The Morgan fingerprint density at radius 2 is 2.10 bits per heavy atom. The number of rotatable bonds is 7. The first-order valence-corrected chi connectivity index (χ1v) is 6.53. The molecule has 0 atom stereocenters. The molecule has 8 heteroatoms. The Balaban J connectivity index is 2.79. The Kier molecular flexibility index (Phi) is 6.98. The Hall–Kier alpha value is -1.11. The van der Waals surface area contributed by atoms with E-state index in [0.717, 1.165) is 0 Å². The molecule has 0 spiro atoms. The quantitative estimate of drug-likeness (QED) is 0.810. The van der Waals surface area contributed by atoms with Gasteiger partial charge >= 0.3 is 6.61 Å². The van der Waals surface area contributed by atoms with Crippen molar-refractivity contribution in [1.29, 1.82) is 0 Å². The molecular weight excluding hydrogens is 313 g/mol. The molecule has 0 saturated heterocycles. The normalized spacial score (nSPS) is 10.7. The Morgan fingerprint density at radius 3 is 2.70 bits per heavy atom. The van der Waals surface area contributed by atoms with E-state index in [1.165, 1.54) is 12.1 Å². The van der Waals surface area contributed by atoms with Crippen LogP contribution in [0.3, 0.4) is 0 Å². The van der Waals surface area contributed by atoms with Crippen LogP contribution < -0.4 is 15.4 Å². The molecule has 0 bridgehead atoms. The summed E-state index contributed by atoms with van der Waals surface area (Å²) in [7, 11) is 1.72. The maximum atomic E-state index is 12.3. The number of halogens is 4. The van der Waals surface area contributed by atoms with Gasteiger partial charge in [-0.15, -0.1) is 0 Å². The first-order chi connectivity index (χ1) is 9.43. The van der Waals surface area contributed by atoms with Crippen LogP contribution in [-0.2, 0) is 11.3 Å². The monoisotopic (exact) mass is 326 g/mol. The van der Waals surface area contributed by atoms with Gasteiger partial charge in [-0.3, -0.25) is 4.79 Å². The highest BCUT2D eigenvalue weighted by Gasteiger charge is 2.15. The van der Waals surface area contributed by atoms with Crippen LogP contribution >= 0.6 is 23.2 Å². The van der Waals surface area contributed by atoms with E-state index in [9.17, 15) is 13.6 Å². The third-order valence-corrected chi connectivity index (χ3v) is 2.87. The van der Waals surface area contributed by atoms with Gasteiger partial charge in [-0.1, -0.05) is 23.2 Å². The standard InChI is InChI=1S/C12H14Cl2F2N2O2/c1-17-3-2-10(19)18-6-7-4-8(13)5-9(14)11(7)20-12(15)16/h4-5,12,17H,2-3,6H2,1H3,(H,18,19). The van der Waals surface area contributed by atoms with E-state index in [-0.39, 0.29) is 34.7 Å². The van der Waals surface area contributed by atoms with Crippen molar-refractivity contribution < 1.29 is 18.3 Å². The van der Waals surface area contributed by atoms with Crippen LogP contribution in [0.5, 0.6) is 5.75 Å². The fourth-order valence-electron chi connectivity index (χ4n) is 1.49. The molecule has 1 aromatic rings. The van der Waals surface area contributed by atoms with E-state index < -0.39 is 6.61 Å². The number of carbonyl (C=O) groups is 1. The lowest BCUT2D eigenvalue weighted by atomic mass is 10.2. The zero-order valence-electron chi connectivity index (χ0n) is 10.7. The van der Waals surface area contributed by atoms with Crippen LogP contribution in [0, 0.1) is 0 Å². The third-order valence-electron chi connectivity index (χ3n) is 2.37. The molecule has 112 valence electrons. The predicted octanol–water partition coefficient (Wildman–Crippen LogP) is 2.82. The van der Waals surface area contributed by atoms with Crippen molar-refractivity contribution in [3.05, 3.63) is 27.7 Å². The Bertz CT molecular complexity index is 473. The number of hydrogen-bond donors (Lipinski definition) is 2. The molecule has 20 heavy (non-hydrogen) atoms. The number of hydrogen-bond acceptors (Lipinski definition) is 3. The highest BCUT2D eigenvalue weighted by Crippen LogP contribution is 2.33. The lowest BCUT2D eigenvalue weighted by Gasteiger charge is -2.13. The lowest BCUT2D eigenvalue weighted by molar-refractivity contribution is -0.121. The molecule has 2 N–H and O–H groups in total. The fourth-order valence-corrected chi connectivity index (χ4v) is 2.07. The first kappa shape index (κ1) is 16.9. The third kappa shape index (κ3) is 5.48. The van der Waals surface area contributed by atoms with Gasteiger partial charge in [0.2, 0.25) is 5.91 Å². The van der Waals surface area contributed by atoms with E-state index in [1.54, 1.807) is 7.05 Å². The molecule has 0 aliphatic carbocycles. The summed E-state index contributed by atoms with van der Waals surface area (Å²) in [5.41, 5.74) is 0.292. The predicted molar refractivity (Wildman–Crippen MR) is 73.5 cm³/mol. The van der Waals surface area contributed by atoms with Crippen LogP contribution in [0.15, 0.2) is 12.1 Å². The minimum absolute atomic E-state index is 0.00484. The first-order valence-electron chi connectivity index (χ1n) is 5.78. The van der Waals surface area contributed by atoms with Crippen molar-refractivity contribution in [3.63, 3.8) is 0 Å². The lowest BCUT2D eigenvalue weighted by Crippen LogP contribution is -2.26. The number of nitrogens with one attached hydrogen (secondary N) is 2. The van der Waals surface area contributed by atoms with Gasteiger partial charge in [-0.05, 0) is 19.2 Å². The van der Waals surface area contributed by atoms with Crippen LogP contribution in [0.25, 0.3) is 0 Å². The number of carbonyl (C=O) groups excluding carboxylic acids is 1. The number of ether oxygens (including phenoxy) is 1. The van der Waals surface area contributed by atoms with E-state index in [0.29, 0.717) is 12.1 Å². The summed E-state index contributed by atoms with van der Waals surface area (Å²) in [6, 6.07) is 2.72. The van der Waals surface area contributed by atoms with Crippen molar-refractivity contribution in [2.45, 2.75) is 19.6 Å². The van der Waals surface area contributed by atoms with E-state index >= 15 is 0 Å². The number of benzene rings is 1. The summed E-state index contributed by atoms with van der Waals surface area (Å²) in [6.07, 6.45) is 0.274. The summed E-state index contributed by atoms with van der Waals surface area (Å²) >= 11 is 11.6. The van der Waals surface area contributed by atoms with Crippen molar-refractivity contribution in [3.8, 4) is 5.75 Å². The van der Waals surface area contributed by atoms with Crippen LogP contribution in [0.2, 0.25) is 10.0 Å². The molecule has 1 aromatic carbocycles. The average molecular weight is 327 g/mol. The maximum absolute atomic E-state index is 12.3. The van der Waals surface area contributed by atoms with Gasteiger partial charge in [0.05, 0.1) is 5.02 Å². The van der Waals surface area contributed by atoms with E-state index in [4.69, 9.17) is 23.2 Å². The molecule has 0 aliphatic rings. The van der Waals surface area contributed by atoms with Gasteiger partial charge in [0.25, 0.3) is 0 Å². The van der Waals surface area contributed by atoms with Crippen molar-refractivity contribution >= 4 is 29.1 Å². The second-order valence-corrected chi connectivity index (χ2v) is 4.73. The molecule has 1 amide bonds.